The van der Waals surface area contributed by atoms with Crippen molar-refractivity contribution in [2.45, 2.75) is 26.4 Å². The first-order valence-electron chi connectivity index (χ1n) is 6.58. The van der Waals surface area contributed by atoms with E-state index >= 15 is 0 Å². The molecular formula is C14H20F2N2O2. The average molecular weight is 286 g/mol. The Hall–Kier alpha value is -1.69. The number of halogens is 2. The van der Waals surface area contributed by atoms with Gasteiger partial charge in [-0.05, 0) is 30.5 Å². The van der Waals surface area contributed by atoms with E-state index < -0.39 is 6.61 Å². The largest absolute Gasteiger partial charge is 0.435 e. The number of ether oxygens (including phenoxy) is 1. The van der Waals surface area contributed by atoms with Gasteiger partial charge in [-0.3, -0.25) is 4.79 Å². The molecule has 0 bridgehead atoms. The van der Waals surface area contributed by atoms with Gasteiger partial charge in [-0.15, -0.1) is 0 Å². The topological polar surface area (TPSA) is 64.4 Å². The molecule has 0 fully saturated rings. The molecule has 6 heteroatoms. The van der Waals surface area contributed by atoms with Gasteiger partial charge in [-0.1, -0.05) is 19.1 Å². The summed E-state index contributed by atoms with van der Waals surface area (Å²) < 4.78 is 28.2. The fraction of sp³-hybridized carbons (Fsp3) is 0.500. The Kier molecular flexibility index (Phi) is 6.93. The Balaban J connectivity index is 2.37. The molecule has 1 unspecified atom stereocenters. The number of carbonyl (C=O) groups is 1. The van der Waals surface area contributed by atoms with Crippen molar-refractivity contribution >= 4 is 5.91 Å². The van der Waals surface area contributed by atoms with Crippen LogP contribution in [0.25, 0.3) is 0 Å². The standard InChI is InChI=1S/C14H20F2N2O2/c1-2-11(9-17)13(19)18-8-7-10-3-5-12(6-4-10)20-14(15)16/h3-6,11,14H,2,7-9,17H2,1H3,(H,18,19). The van der Waals surface area contributed by atoms with Gasteiger partial charge in [-0.25, -0.2) is 0 Å². The minimum atomic E-state index is -2.82. The van der Waals surface area contributed by atoms with E-state index in [1.807, 2.05) is 6.92 Å². The fourth-order valence-electron chi connectivity index (χ4n) is 1.77. The van der Waals surface area contributed by atoms with E-state index in [0.717, 1.165) is 5.56 Å². The SMILES string of the molecule is CCC(CN)C(=O)NCCc1ccc(OC(F)F)cc1. The molecule has 0 aliphatic carbocycles. The van der Waals surface area contributed by atoms with Crippen LogP contribution in [0, 0.1) is 5.92 Å². The van der Waals surface area contributed by atoms with Crippen molar-refractivity contribution in [3.8, 4) is 5.75 Å². The van der Waals surface area contributed by atoms with Crippen molar-refractivity contribution in [1.82, 2.24) is 5.32 Å². The van der Waals surface area contributed by atoms with Crippen LogP contribution in [0.4, 0.5) is 8.78 Å². The molecule has 1 aromatic rings. The normalized spacial score (nSPS) is 12.2. The molecule has 0 aliphatic rings. The first kappa shape index (κ1) is 16.4. The summed E-state index contributed by atoms with van der Waals surface area (Å²) in [7, 11) is 0. The van der Waals surface area contributed by atoms with Crippen LogP contribution >= 0.6 is 0 Å². The molecule has 0 aliphatic heterocycles. The number of carbonyl (C=O) groups excluding carboxylic acids is 1. The van der Waals surface area contributed by atoms with Crippen LogP contribution in [0.2, 0.25) is 0 Å². The van der Waals surface area contributed by atoms with Crippen molar-refractivity contribution < 1.29 is 18.3 Å². The predicted molar refractivity (Wildman–Crippen MR) is 72.6 cm³/mol. The Bertz CT molecular complexity index is 406. The van der Waals surface area contributed by atoms with Crippen LogP contribution in [0.15, 0.2) is 24.3 Å². The van der Waals surface area contributed by atoms with Crippen LogP contribution in [-0.2, 0) is 11.2 Å². The van der Waals surface area contributed by atoms with Crippen molar-refractivity contribution in [3.63, 3.8) is 0 Å². The monoisotopic (exact) mass is 286 g/mol. The summed E-state index contributed by atoms with van der Waals surface area (Å²) in [6.45, 7) is -0.0759. The van der Waals surface area contributed by atoms with E-state index in [9.17, 15) is 13.6 Å². The van der Waals surface area contributed by atoms with E-state index in [0.29, 0.717) is 25.9 Å². The molecule has 1 rings (SSSR count). The molecule has 0 spiro atoms. The van der Waals surface area contributed by atoms with Gasteiger partial charge in [0.1, 0.15) is 5.75 Å². The van der Waals surface area contributed by atoms with Gasteiger partial charge >= 0.3 is 6.61 Å². The number of nitrogens with two attached hydrogens (primary N) is 1. The number of rotatable bonds is 8. The predicted octanol–water partition coefficient (Wildman–Crippen LogP) is 1.93. The lowest BCUT2D eigenvalue weighted by atomic mass is 10.1. The lowest BCUT2D eigenvalue weighted by Gasteiger charge is -2.12. The number of amides is 1. The van der Waals surface area contributed by atoms with Crippen LogP contribution in [-0.4, -0.2) is 25.6 Å². The molecule has 0 saturated carbocycles. The molecule has 3 N–H and O–H groups in total. The smallest absolute Gasteiger partial charge is 0.387 e. The zero-order valence-electron chi connectivity index (χ0n) is 11.4. The van der Waals surface area contributed by atoms with E-state index in [-0.39, 0.29) is 17.6 Å². The highest BCUT2D eigenvalue weighted by Crippen LogP contribution is 2.15. The second-order valence-corrected chi connectivity index (χ2v) is 4.40. The minimum absolute atomic E-state index is 0.0485. The van der Waals surface area contributed by atoms with Crippen molar-refractivity contribution in [2.24, 2.45) is 11.7 Å². The van der Waals surface area contributed by atoms with E-state index in [1.165, 1.54) is 12.1 Å². The fourth-order valence-corrected chi connectivity index (χ4v) is 1.77. The van der Waals surface area contributed by atoms with Crippen LogP contribution in [0.5, 0.6) is 5.75 Å². The van der Waals surface area contributed by atoms with Crippen LogP contribution in [0.3, 0.4) is 0 Å². The highest BCUT2D eigenvalue weighted by Gasteiger charge is 2.13. The van der Waals surface area contributed by atoms with Gasteiger partial charge in [0, 0.05) is 19.0 Å². The van der Waals surface area contributed by atoms with E-state index in [4.69, 9.17) is 5.73 Å². The zero-order chi connectivity index (χ0) is 15.0. The Morgan fingerprint density at radius 3 is 2.50 bits per heavy atom. The van der Waals surface area contributed by atoms with E-state index in [2.05, 4.69) is 10.1 Å². The highest BCUT2D eigenvalue weighted by molar-refractivity contribution is 5.78. The van der Waals surface area contributed by atoms with Crippen molar-refractivity contribution in [2.75, 3.05) is 13.1 Å². The van der Waals surface area contributed by atoms with Gasteiger partial charge in [0.25, 0.3) is 0 Å². The quantitative estimate of drug-likeness (QED) is 0.767. The number of benzene rings is 1. The zero-order valence-corrected chi connectivity index (χ0v) is 11.4. The molecule has 20 heavy (non-hydrogen) atoms. The maximum Gasteiger partial charge on any atom is 0.387 e. The minimum Gasteiger partial charge on any atom is -0.435 e. The third-order valence-electron chi connectivity index (χ3n) is 3.01. The van der Waals surface area contributed by atoms with Crippen LogP contribution in [0.1, 0.15) is 18.9 Å². The lowest BCUT2D eigenvalue weighted by molar-refractivity contribution is -0.124. The van der Waals surface area contributed by atoms with Gasteiger partial charge in [0.2, 0.25) is 5.91 Å². The Morgan fingerprint density at radius 2 is 2.00 bits per heavy atom. The third kappa shape index (κ3) is 5.52. The number of nitrogens with one attached hydrogen (secondary N) is 1. The summed E-state index contributed by atoms with van der Waals surface area (Å²) >= 11 is 0. The molecule has 1 aromatic carbocycles. The Morgan fingerprint density at radius 1 is 1.35 bits per heavy atom. The van der Waals surface area contributed by atoms with Crippen molar-refractivity contribution in [3.05, 3.63) is 29.8 Å². The molecular weight excluding hydrogens is 266 g/mol. The van der Waals surface area contributed by atoms with Gasteiger partial charge in [-0.2, -0.15) is 8.78 Å². The molecule has 0 aromatic heterocycles. The van der Waals surface area contributed by atoms with Crippen LogP contribution < -0.4 is 15.8 Å². The Labute approximate surface area is 117 Å². The maximum absolute atomic E-state index is 12.0. The highest BCUT2D eigenvalue weighted by atomic mass is 19.3. The molecule has 0 radical (unpaired) electrons. The molecule has 4 nitrogen and oxygen atoms in total. The second kappa shape index (κ2) is 8.47. The number of alkyl halides is 2. The molecule has 0 heterocycles. The number of hydrogen-bond donors (Lipinski definition) is 2. The summed E-state index contributed by atoms with van der Waals surface area (Å²) in [6, 6.07) is 6.37. The third-order valence-corrected chi connectivity index (χ3v) is 3.01. The molecule has 0 saturated heterocycles. The molecule has 112 valence electrons. The summed E-state index contributed by atoms with van der Waals surface area (Å²) in [5.41, 5.74) is 6.43. The average Bonchev–Trinajstić information content (AvgIpc) is 2.41. The maximum atomic E-state index is 12.0. The van der Waals surface area contributed by atoms with Crippen molar-refractivity contribution in [1.29, 1.82) is 0 Å². The summed E-state index contributed by atoms with van der Waals surface area (Å²) in [5, 5.41) is 2.81. The van der Waals surface area contributed by atoms with Gasteiger partial charge < -0.3 is 15.8 Å². The number of hydrogen-bond acceptors (Lipinski definition) is 3. The second-order valence-electron chi connectivity index (χ2n) is 4.40. The first-order chi connectivity index (χ1) is 9.56. The first-order valence-corrected chi connectivity index (χ1v) is 6.58. The summed E-state index contributed by atoms with van der Waals surface area (Å²) in [4.78, 5) is 11.7. The van der Waals surface area contributed by atoms with Gasteiger partial charge in [0.05, 0.1) is 0 Å². The lowest BCUT2D eigenvalue weighted by Crippen LogP contribution is -2.35. The summed E-state index contributed by atoms with van der Waals surface area (Å²) in [5.74, 6) is -0.0774. The summed E-state index contributed by atoms with van der Waals surface area (Å²) in [6.07, 6.45) is 1.34. The van der Waals surface area contributed by atoms with E-state index in [1.54, 1.807) is 12.1 Å². The molecule has 1 atom stereocenters. The molecule has 1 amide bonds. The van der Waals surface area contributed by atoms with Gasteiger partial charge in [0.15, 0.2) is 0 Å².